The molecule has 0 aromatic rings. The maximum atomic E-state index is 8.29. The maximum absolute atomic E-state index is 8.29. The van der Waals surface area contributed by atoms with Crippen LogP contribution in [0, 0.1) is 11.3 Å². The van der Waals surface area contributed by atoms with E-state index in [1.54, 1.807) is 0 Å². The molecule has 0 amide bonds. The third-order valence-corrected chi connectivity index (χ3v) is 1.97. The molecular weight excluding hydrogens is 174 g/mol. The Bertz CT molecular complexity index is 130. The first-order valence-corrected chi connectivity index (χ1v) is 5.18. The van der Waals surface area contributed by atoms with E-state index in [2.05, 4.69) is 6.07 Å². The van der Waals surface area contributed by atoms with Crippen LogP contribution in [0.1, 0.15) is 13.8 Å². The molecule has 0 bridgehead atoms. The molecule has 0 aliphatic rings. The Morgan fingerprint density at radius 2 is 1.92 bits per heavy atom. The third kappa shape index (κ3) is 6.47. The highest BCUT2D eigenvalue weighted by atomic mass is 32.2. The molecule has 0 aliphatic heterocycles. The Hall–Kier alpha value is -0.240. The molecule has 3 nitrogen and oxygen atoms in total. The Balaban J connectivity index is 3.42. The largest absolute Gasteiger partial charge is 0.352 e. The fourth-order valence-corrected chi connectivity index (χ4v) is 1.31. The van der Waals surface area contributed by atoms with Crippen molar-refractivity contribution < 1.29 is 9.47 Å². The zero-order chi connectivity index (χ0) is 9.23. The van der Waals surface area contributed by atoms with Gasteiger partial charge in [0.2, 0.25) is 0 Å². The van der Waals surface area contributed by atoms with Crippen molar-refractivity contribution in [2.24, 2.45) is 0 Å². The lowest BCUT2D eigenvalue weighted by Gasteiger charge is -2.15. The molecule has 0 spiro atoms. The van der Waals surface area contributed by atoms with Gasteiger partial charge in [-0.3, -0.25) is 0 Å². The molecule has 0 saturated carbocycles. The van der Waals surface area contributed by atoms with Crippen LogP contribution in [0.4, 0.5) is 0 Å². The van der Waals surface area contributed by atoms with Gasteiger partial charge in [-0.05, 0) is 13.8 Å². The SMILES string of the molecule is CCOC(CSCC#N)OCC. The van der Waals surface area contributed by atoms with E-state index >= 15 is 0 Å². The van der Waals surface area contributed by atoms with Gasteiger partial charge >= 0.3 is 0 Å². The lowest BCUT2D eigenvalue weighted by atomic mass is 10.7. The highest BCUT2D eigenvalue weighted by molar-refractivity contribution is 7.99. The molecule has 0 heterocycles. The molecular formula is C8H15NO2S. The number of hydrogen-bond acceptors (Lipinski definition) is 4. The van der Waals surface area contributed by atoms with Crippen molar-refractivity contribution in [2.45, 2.75) is 20.1 Å². The quantitative estimate of drug-likeness (QED) is 0.451. The summed E-state index contributed by atoms with van der Waals surface area (Å²) in [6, 6.07) is 2.06. The van der Waals surface area contributed by atoms with Gasteiger partial charge in [0, 0.05) is 19.0 Å². The van der Waals surface area contributed by atoms with Crippen molar-refractivity contribution in [1.29, 1.82) is 5.26 Å². The highest BCUT2D eigenvalue weighted by Crippen LogP contribution is 2.06. The lowest BCUT2D eigenvalue weighted by molar-refractivity contribution is -0.120. The fraction of sp³-hybridized carbons (Fsp3) is 0.875. The average molecular weight is 189 g/mol. The topological polar surface area (TPSA) is 42.2 Å². The number of hydrogen-bond donors (Lipinski definition) is 0. The Morgan fingerprint density at radius 3 is 2.33 bits per heavy atom. The predicted octanol–water partition coefficient (Wildman–Crippen LogP) is 1.64. The van der Waals surface area contributed by atoms with E-state index in [1.165, 1.54) is 11.8 Å². The van der Waals surface area contributed by atoms with Crippen molar-refractivity contribution in [2.75, 3.05) is 24.7 Å². The zero-order valence-electron chi connectivity index (χ0n) is 7.58. The molecule has 0 aromatic carbocycles. The minimum absolute atomic E-state index is 0.154. The predicted molar refractivity (Wildman–Crippen MR) is 50.0 cm³/mol. The van der Waals surface area contributed by atoms with Crippen LogP contribution in [0.25, 0.3) is 0 Å². The van der Waals surface area contributed by atoms with Crippen molar-refractivity contribution in [1.82, 2.24) is 0 Å². The van der Waals surface area contributed by atoms with Crippen LogP contribution >= 0.6 is 11.8 Å². The Kier molecular flexibility index (Phi) is 8.68. The van der Waals surface area contributed by atoms with Crippen LogP contribution in [-0.4, -0.2) is 31.0 Å². The molecule has 0 saturated heterocycles. The molecule has 70 valence electrons. The van der Waals surface area contributed by atoms with Gasteiger partial charge in [0.05, 0.1) is 11.8 Å². The zero-order valence-corrected chi connectivity index (χ0v) is 8.39. The molecule has 0 radical (unpaired) electrons. The lowest BCUT2D eigenvalue weighted by Crippen LogP contribution is -2.20. The summed E-state index contributed by atoms with van der Waals surface area (Å²) in [5.74, 6) is 1.23. The van der Waals surface area contributed by atoms with Crippen LogP contribution < -0.4 is 0 Å². The second-order valence-electron chi connectivity index (χ2n) is 2.01. The number of ether oxygens (including phenoxy) is 2. The second kappa shape index (κ2) is 8.85. The second-order valence-corrected chi connectivity index (χ2v) is 3.04. The number of thioether (sulfide) groups is 1. The van der Waals surface area contributed by atoms with E-state index in [1.807, 2.05) is 13.8 Å². The standard InChI is InChI=1S/C8H15NO2S/c1-3-10-8(11-4-2)7-12-6-5-9/h8H,3-4,6-7H2,1-2H3. The summed E-state index contributed by atoms with van der Waals surface area (Å²) in [6.45, 7) is 5.16. The summed E-state index contributed by atoms with van der Waals surface area (Å²) in [5.41, 5.74) is 0. The van der Waals surface area contributed by atoms with Gasteiger partial charge in [-0.1, -0.05) is 0 Å². The van der Waals surface area contributed by atoms with Gasteiger partial charge in [0.25, 0.3) is 0 Å². The van der Waals surface area contributed by atoms with Crippen LogP contribution in [0.2, 0.25) is 0 Å². The van der Waals surface area contributed by atoms with Gasteiger partial charge in [-0.25, -0.2) is 0 Å². The van der Waals surface area contributed by atoms with Gasteiger partial charge in [-0.15, -0.1) is 11.8 Å². The number of rotatable bonds is 7. The van der Waals surface area contributed by atoms with Crippen molar-refractivity contribution in [3.63, 3.8) is 0 Å². The minimum atomic E-state index is -0.154. The first-order valence-electron chi connectivity index (χ1n) is 4.03. The van der Waals surface area contributed by atoms with Crippen LogP contribution in [-0.2, 0) is 9.47 Å². The Morgan fingerprint density at radius 1 is 1.33 bits per heavy atom. The van der Waals surface area contributed by atoms with E-state index < -0.39 is 0 Å². The van der Waals surface area contributed by atoms with E-state index in [0.29, 0.717) is 19.0 Å². The molecule has 0 aromatic heterocycles. The minimum Gasteiger partial charge on any atom is -0.352 e. The summed E-state index contributed by atoms with van der Waals surface area (Å²) < 4.78 is 10.6. The van der Waals surface area contributed by atoms with Crippen LogP contribution in [0.3, 0.4) is 0 Å². The maximum Gasteiger partial charge on any atom is 0.166 e. The van der Waals surface area contributed by atoms with Crippen molar-refractivity contribution in [3.05, 3.63) is 0 Å². The first-order chi connectivity index (χ1) is 5.85. The molecule has 4 heteroatoms. The summed E-state index contributed by atoms with van der Waals surface area (Å²) in [7, 11) is 0. The van der Waals surface area contributed by atoms with E-state index in [-0.39, 0.29) is 6.29 Å². The first kappa shape index (κ1) is 11.8. The average Bonchev–Trinajstić information content (AvgIpc) is 2.06. The van der Waals surface area contributed by atoms with Gasteiger partial charge in [-0.2, -0.15) is 5.26 Å². The van der Waals surface area contributed by atoms with Crippen LogP contribution in [0.5, 0.6) is 0 Å². The monoisotopic (exact) mass is 189 g/mol. The molecule has 0 atom stereocenters. The third-order valence-electron chi connectivity index (χ3n) is 1.13. The normalized spacial score (nSPS) is 10.2. The van der Waals surface area contributed by atoms with Crippen molar-refractivity contribution in [3.8, 4) is 6.07 Å². The van der Waals surface area contributed by atoms with E-state index in [9.17, 15) is 0 Å². The van der Waals surface area contributed by atoms with Crippen molar-refractivity contribution >= 4 is 11.8 Å². The van der Waals surface area contributed by atoms with Crippen LogP contribution in [0.15, 0.2) is 0 Å². The van der Waals surface area contributed by atoms with Gasteiger partial charge < -0.3 is 9.47 Å². The molecule has 12 heavy (non-hydrogen) atoms. The molecule has 0 fully saturated rings. The van der Waals surface area contributed by atoms with Gasteiger partial charge in [0.15, 0.2) is 6.29 Å². The smallest absolute Gasteiger partial charge is 0.166 e. The summed E-state index contributed by atoms with van der Waals surface area (Å²) in [6.07, 6.45) is -0.154. The summed E-state index contributed by atoms with van der Waals surface area (Å²) in [5, 5.41) is 8.29. The Labute approximate surface area is 78.0 Å². The highest BCUT2D eigenvalue weighted by Gasteiger charge is 2.06. The molecule has 0 N–H and O–H groups in total. The van der Waals surface area contributed by atoms with Gasteiger partial charge in [0.1, 0.15) is 0 Å². The van der Waals surface area contributed by atoms with E-state index in [0.717, 1.165) is 5.75 Å². The molecule has 0 unspecified atom stereocenters. The summed E-state index contributed by atoms with van der Waals surface area (Å²) >= 11 is 1.53. The molecule has 0 aliphatic carbocycles. The molecule has 0 rings (SSSR count). The fourth-order valence-electron chi connectivity index (χ4n) is 0.717. The van der Waals surface area contributed by atoms with E-state index in [4.69, 9.17) is 14.7 Å². The number of nitrogens with zero attached hydrogens (tertiary/aromatic N) is 1. The summed E-state index contributed by atoms with van der Waals surface area (Å²) in [4.78, 5) is 0. The number of nitriles is 1.